The highest BCUT2D eigenvalue weighted by atomic mass is 32.1. The van der Waals surface area contributed by atoms with Crippen LogP contribution in [0.5, 0.6) is 0 Å². The van der Waals surface area contributed by atoms with E-state index >= 15 is 0 Å². The molecule has 0 aliphatic rings. The molecule has 0 spiro atoms. The maximum absolute atomic E-state index is 5.02. The van der Waals surface area contributed by atoms with Gasteiger partial charge in [-0.25, -0.2) is 0 Å². The molecule has 2 aromatic rings. The summed E-state index contributed by atoms with van der Waals surface area (Å²) in [4.78, 5) is 0. The number of aromatic nitrogens is 2. The zero-order chi connectivity index (χ0) is 12.1. The Morgan fingerprint density at radius 3 is 2.25 bits per heavy atom. The second-order valence-electron chi connectivity index (χ2n) is 3.43. The molecule has 0 radical (unpaired) electrons. The van der Waals surface area contributed by atoms with Crippen molar-refractivity contribution in [1.82, 2.24) is 9.78 Å². The maximum Gasteiger partial charge on any atom is 0.119 e. The highest BCUT2D eigenvalue weighted by Gasteiger charge is 1.97. The molecule has 3 heteroatoms. The van der Waals surface area contributed by atoms with Crippen molar-refractivity contribution in [3.63, 3.8) is 0 Å². The third kappa shape index (κ3) is 2.83. The van der Waals surface area contributed by atoms with E-state index in [-0.39, 0.29) is 0 Å². The highest BCUT2D eigenvalue weighted by Crippen LogP contribution is 2.12. The molecule has 1 aromatic heterocycles. The summed E-state index contributed by atoms with van der Waals surface area (Å²) in [6.07, 6.45) is 1.94. The van der Waals surface area contributed by atoms with Crippen LogP contribution in [0, 0.1) is 18.5 Å². The largest absolute Gasteiger partial charge is 0.284 e. The molecule has 0 bridgehead atoms. The molecule has 2 nitrogen and oxygen atoms in total. The van der Waals surface area contributed by atoms with Crippen LogP contribution in [0.2, 0.25) is 0 Å². The van der Waals surface area contributed by atoms with Crippen molar-refractivity contribution < 1.29 is 0 Å². The number of rotatable bonds is 1. The Balaban J connectivity index is 0.000000606. The minimum Gasteiger partial charge on any atom is -0.284 e. The van der Waals surface area contributed by atoms with E-state index < -0.39 is 0 Å². The fourth-order valence-electron chi connectivity index (χ4n) is 1.36. The number of hydrogen-bond acceptors (Lipinski definition) is 1. The van der Waals surface area contributed by atoms with Crippen molar-refractivity contribution in [2.24, 2.45) is 0 Å². The van der Waals surface area contributed by atoms with Gasteiger partial charge in [-0.15, -0.1) is 0 Å². The molecule has 0 aliphatic heterocycles. The molecule has 2 rings (SSSR count). The summed E-state index contributed by atoms with van der Waals surface area (Å²) in [5, 5.41) is 3.07. The molecule has 16 heavy (non-hydrogen) atoms. The lowest BCUT2D eigenvalue weighted by Gasteiger charge is -2.05. The molecular formula is C13H18N2S. The fraction of sp³-hybridized carbons (Fsp3) is 0.308. The minimum absolute atomic E-state index is 0.753. The summed E-state index contributed by atoms with van der Waals surface area (Å²) < 4.78 is 2.68. The van der Waals surface area contributed by atoms with Crippen molar-refractivity contribution >= 4 is 12.2 Å². The lowest BCUT2D eigenvalue weighted by atomic mass is 10.1. The van der Waals surface area contributed by atoms with Gasteiger partial charge in [0.15, 0.2) is 0 Å². The van der Waals surface area contributed by atoms with Crippen LogP contribution in [0.3, 0.4) is 0 Å². The van der Waals surface area contributed by atoms with Crippen LogP contribution in [0.15, 0.2) is 30.5 Å². The van der Waals surface area contributed by atoms with E-state index in [2.05, 4.69) is 37.1 Å². The number of hydrogen-bond donors (Lipinski definition) is 1. The Morgan fingerprint density at radius 1 is 1.06 bits per heavy atom. The predicted molar refractivity (Wildman–Crippen MR) is 71.8 cm³/mol. The summed E-state index contributed by atoms with van der Waals surface area (Å²) >= 11 is 5.02. The van der Waals surface area contributed by atoms with Gasteiger partial charge in [0.1, 0.15) is 4.64 Å². The van der Waals surface area contributed by atoms with Gasteiger partial charge in [0, 0.05) is 6.20 Å². The average Bonchev–Trinajstić information content (AvgIpc) is 2.72. The molecule has 0 saturated heterocycles. The fourth-order valence-corrected chi connectivity index (χ4v) is 1.52. The zero-order valence-electron chi connectivity index (χ0n) is 10.2. The average molecular weight is 234 g/mol. The predicted octanol–water partition coefficient (Wildman–Crippen LogP) is 4.18. The van der Waals surface area contributed by atoms with Gasteiger partial charge in [-0.1, -0.05) is 32.1 Å². The second-order valence-corrected chi connectivity index (χ2v) is 3.87. The van der Waals surface area contributed by atoms with Crippen LogP contribution in [0.1, 0.15) is 25.0 Å². The normalized spacial score (nSPS) is 9.50. The Bertz CT molecular complexity index is 509. The summed E-state index contributed by atoms with van der Waals surface area (Å²) in [5.74, 6) is 0. The van der Waals surface area contributed by atoms with Crippen LogP contribution in [0.25, 0.3) is 5.69 Å². The molecular weight excluding hydrogens is 216 g/mol. The smallest absolute Gasteiger partial charge is 0.119 e. The van der Waals surface area contributed by atoms with Gasteiger partial charge in [-0.3, -0.25) is 9.78 Å². The summed E-state index contributed by atoms with van der Waals surface area (Å²) in [7, 11) is 0. The van der Waals surface area contributed by atoms with Gasteiger partial charge in [0.25, 0.3) is 0 Å². The maximum atomic E-state index is 5.02. The van der Waals surface area contributed by atoms with E-state index in [0.717, 1.165) is 10.3 Å². The number of aryl methyl sites for hydroxylation is 2. The molecule has 0 unspecified atom stereocenters. The van der Waals surface area contributed by atoms with Gasteiger partial charge in [-0.05, 0) is 43.2 Å². The van der Waals surface area contributed by atoms with Crippen molar-refractivity contribution in [2.45, 2.75) is 27.7 Å². The number of nitrogens with zero attached hydrogens (tertiary/aromatic N) is 1. The summed E-state index contributed by atoms with van der Waals surface area (Å²) in [5.41, 5.74) is 3.71. The molecule has 0 fully saturated rings. The molecule has 86 valence electrons. The van der Waals surface area contributed by atoms with E-state index in [1.807, 2.05) is 30.8 Å². The first-order valence-corrected chi connectivity index (χ1v) is 5.93. The molecule has 0 atom stereocenters. The van der Waals surface area contributed by atoms with E-state index in [1.165, 1.54) is 11.1 Å². The molecule has 0 amide bonds. The number of nitrogens with one attached hydrogen (secondary N) is 1. The van der Waals surface area contributed by atoms with Crippen LogP contribution in [-0.2, 0) is 0 Å². The quantitative estimate of drug-likeness (QED) is 0.734. The van der Waals surface area contributed by atoms with Crippen molar-refractivity contribution in [3.8, 4) is 5.69 Å². The van der Waals surface area contributed by atoms with E-state index in [0.29, 0.717) is 0 Å². The second kappa shape index (κ2) is 5.66. The standard InChI is InChI=1S/C11H12N2S.C2H6/c1-8-3-4-10(7-9(8)2)13-6-5-11(14)12-13;1-2/h3-7H,1-2H3,(H,12,14);1-2H3. The third-order valence-electron chi connectivity index (χ3n) is 2.37. The Labute approximate surface area is 102 Å². The van der Waals surface area contributed by atoms with Crippen LogP contribution in [0.4, 0.5) is 0 Å². The Kier molecular flexibility index (Phi) is 4.50. The molecule has 1 N–H and O–H groups in total. The van der Waals surface area contributed by atoms with Crippen LogP contribution < -0.4 is 0 Å². The van der Waals surface area contributed by atoms with Crippen molar-refractivity contribution in [3.05, 3.63) is 46.2 Å². The van der Waals surface area contributed by atoms with Crippen molar-refractivity contribution in [2.75, 3.05) is 0 Å². The SMILES string of the molecule is CC.Cc1ccc(-n2ccc(=S)[nH]2)cc1C. The first-order chi connectivity index (χ1) is 7.66. The van der Waals surface area contributed by atoms with E-state index in [1.54, 1.807) is 0 Å². The van der Waals surface area contributed by atoms with Gasteiger partial charge >= 0.3 is 0 Å². The number of benzene rings is 1. The Morgan fingerprint density at radius 2 is 1.75 bits per heavy atom. The topological polar surface area (TPSA) is 20.7 Å². The van der Waals surface area contributed by atoms with Crippen molar-refractivity contribution in [1.29, 1.82) is 0 Å². The van der Waals surface area contributed by atoms with Gasteiger partial charge in [-0.2, -0.15) is 0 Å². The Hall–Kier alpha value is -1.35. The molecule has 1 heterocycles. The first kappa shape index (κ1) is 12.7. The third-order valence-corrected chi connectivity index (χ3v) is 2.60. The van der Waals surface area contributed by atoms with Gasteiger partial charge in [0.2, 0.25) is 0 Å². The lowest BCUT2D eigenvalue weighted by molar-refractivity contribution is 0.872. The molecule has 0 aliphatic carbocycles. The first-order valence-electron chi connectivity index (χ1n) is 5.52. The highest BCUT2D eigenvalue weighted by molar-refractivity contribution is 7.71. The van der Waals surface area contributed by atoms with Gasteiger partial charge < -0.3 is 0 Å². The summed E-state index contributed by atoms with van der Waals surface area (Å²) in [6.45, 7) is 8.22. The van der Waals surface area contributed by atoms with E-state index in [4.69, 9.17) is 12.2 Å². The monoisotopic (exact) mass is 234 g/mol. The summed E-state index contributed by atoms with van der Waals surface area (Å²) in [6, 6.07) is 8.21. The number of aromatic amines is 1. The van der Waals surface area contributed by atoms with Crippen LogP contribution >= 0.6 is 12.2 Å². The zero-order valence-corrected chi connectivity index (χ0v) is 11.1. The molecule has 0 saturated carbocycles. The van der Waals surface area contributed by atoms with Crippen LogP contribution in [-0.4, -0.2) is 9.78 Å². The minimum atomic E-state index is 0.753. The lowest BCUT2D eigenvalue weighted by Crippen LogP contribution is -1.95. The van der Waals surface area contributed by atoms with E-state index in [9.17, 15) is 0 Å². The molecule has 1 aromatic carbocycles. The van der Waals surface area contributed by atoms with Gasteiger partial charge in [0.05, 0.1) is 5.69 Å². The number of H-pyrrole nitrogens is 1.